The number of amides is 1. The number of aryl methyl sites for hydroxylation is 1. The molecular formula is C36H49ClN2O7S. The van der Waals surface area contributed by atoms with Crippen LogP contribution in [0.4, 0.5) is 5.69 Å². The molecule has 0 spiro atoms. The lowest BCUT2D eigenvalue weighted by Gasteiger charge is -2.47. The molecule has 47 heavy (non-hydrogen) atoms. The number of fused-ring (bicyclic) bond motifs is 3. The summed E-state index contributed by atoms with van der Waals surface area (Å²) in [5.41, 5.74) is 3.59. The number of rotatable bonds is 1. The van der Waals surface area contributed by atoms with Gasteiger partial charge in [0.25, 0.3) is 5.91 Å². The van der Waals surface area contributed by atoms with Crippen molar-refractivity contribution in [2.45, 2.75) is 89.3 Å². The van der Waals surface area contributed by atoms with E-state index in [4.69, 9.17) is 25.8 Å². The Bertz CT molecular complexity index is 1510. The zero-order chi connectivity index (χ0) is 33.1. The van der Waals surface area contributed by atoms with Gasteiger partial charge in [0.2, 0.25) is 10.0 Å². The molecule has 2 bridgehead atoms. The van der Waals surface area contributed by atoms with Crippen LogP contribution in [0.5, 0.6) is 5.75 Å². The summed E-state index contributed by atoms with van der Waals surface area (Å²) in [6.45, 7) is 6.15. The first kappa shape index (κ1) is 34.5. The lowest BCUT2D eigenvalue weighted by molar-refractivity contribution is -0.252. The highest BCUT2D eigenvalue weighted by molar-refractivity contribution is 7.90. The van der Waals surface area contributed by atoms with Crippen LogP contribution in [-0.2, 0) is 32.3 Å². The molecule has 4 aliphatic rings. The first-order valence-electron chi connectivity index (χ1n) is 17.4. The van der Waals surface area contributed by atoms with Crippen LogP contribution in [0.25, 0.3) is 0 Å². The summed E-state index contributed by atoms with van der Waals surface area (Å²) in [7, 11) is -3.91. The monoisotopic (exact) mass is 688 g/mol. The van der Waals surface area contributed by atoms with E-state index in [9.17, 15) is 18.3 Å². The zero-order valence-corrected chi connectivity index (χ0v) is 29.1. The number of hydrogen-bond donors (Lipinski definition) is 2. The molecular weight excluding hydrogens is 640 g/mol. The Morgan fingerprint density at radius 3 is 2.49 bits per heavy atom. The van der Waals surface area contributed by atoms with Gasteiger partial charge in [0.15, 0.2) is 6.29 Å². The minimum Gasteiger partial charge on any atom is -0.491 e. The molecule has 258 valence electrons. The molecule has 1 amide bonds. The van der Waals surface area contributed by atoms with Gasteiger partial charge in [-0.05, 0) is 111 Å². The van der Waals surface area contributed by atoms with E-state index in [1.165, 1.54) is 11.1 Å². The number of nitrogens with zero attached hydrogens (tertiary/aromatic N) is 1. The number of anilines is 1. The van der Waals surface area contributed by atoms with Crippen LogP contribution in [0, 0.1) is 23.7 Å². The van der Waals surface area contributed by atoms with E-state index in [1.54, 1.807) is 19.1 Å². The van der Waals surface area contributed by atoms with E-state index in [0.29, 0.717) is 36.2 Å². The molecule has 2 aromatic carbocycles. The van der Waals surface area contributed by atoms with Gasteiger partial charge in [-0.25, -0.2) is 13.1 Å². The second kappa shape index (κ2) is 15.0. The topological polar surface area (TPSA) is 114 Å². The Hall–Kier alpha value is -2.37. The third-order valence-corrected chi connectivity index (χ3v) is 13.1. The van der Waals surface area contributed by atoms with Crippen molar-refractivity contribution < 1.29 is 32.5 Å². The maximum absolute atomic E-state index is 13.5. The molecule has 5 atom stereocenters. The highest BCUT2D eigenvalue weighted by atomic mass is 35.5. The van der Waals surface area contributed by atoms with Gasteiger partial charge in [-0.2, -0.15) is 0 Å². The Balaban J connectivity index is 1.35. The maximum atomic E-state index is 13.5. The molecule has 6 rings (SSSR count). The molecule has 1 aliphatic carbocycles. The molecule has 11 heteroatoms. The fourth-order valence-electron chi connectivity index (χ4n) is 7.77. The second-order valence-electron chi connectivity index (χ2n) is 14.0. The summed E-state index contributed by atoms with van der Waals surface area (Å²) in [5.74, 6) is 0.814. The number of hydrogen-bond acceptors (Lipinski definition) is 8. The van der Waals surface area contributed by atoms with Crippen LogP contribution >= 0.6 is 11.6 Å². The quantitative estimate of drug-likeness (QED) is 0.390. The zero-order valence-electron chi connectivity index (χ0n) is 27.5. The van der Waals surface area contributed by atoms with Crippen molar-refractivity contribution >= 4 is 33.2 Å². The fraction of sp³-hybridized carbons (Fsp3) is 0.639. The van der Waals surface area contributed by atoms with Crippen molar-refractivity contribution in [1.82, 2.24) is 4.72 Å². The van der Waals surface area contributed by atoms with E-state index >= 15 is 0 Å². The van der Waals surface area contributed by atoms with Crippen LogP contribution in [0.15, 0.2) is 36.4 Å². The largest absolute Gasteiger partial charge is 0.491 e. The van der Waals surface area contributed by atoms with Crippen molar-refractivity contribution in [2.24, 2.45) is 23.7 Å². The lowest BCUT2D eigenvalue weighted by Crippen LogP contribution is -2.48. The molecule has 3 aliphatic heterocycles. The Morgan fingerprint density at radius 2 is 1.72 bits per heavy atom. The van der Waals surface area contributed by atoms with Crippen LogP contribution in [0.3, 0.4) is 0 Å². The minimum atomic E-state index is -3.91. The third kappa shape index (κ3) is 8.10. The van der Waals surface area contributed by atoms with E-state index in [1.807, 2.05) is 19.1 Å². The van der Waals surface area contributed by atoms with Gasteiger partial charge in [0, 0.05) is 36.0 Å². The van der Waals surface area contributed by atoms with Gasteiger partial charge >= 0.3 is 0 Å². The summed E-state index contributed by atoms with van der Waals surface area (Å²) in [6, 6.07) is 11.3. The summed E-state index contributed by atoms with van der Waals surface area (Å²) in [6.07, 6.45) is 7.08. The van der Waals surface area contributed by atoms with Gasteiger partial charge < -0.3 is 24.2 Å². The number of aliphatic hydroxyl groups excluding tert-OH is 1. The number of nitrogens with one attached hydrogen (secondary N) is 1. The van der Waals surface area contributed by atoms with E-state index in [2.05, 4.69) is 21.8 Å². The first-order chi connectivity index (χ1) is 22.6. The predicted octanol–water partition coefficient (Wildman–Crippen LogP) is 5.75. The van der Waals surface area contributed by atoms with Gasteiger partial charge in [0.05, 0.1) is 30.8 Å². The average Bonchev–Trinajstić information content (AvgIpc) is 3.03. The third-order valence-electron chi connectivity index (χ3n) is 10.9. The smallest absolute Gasteiger partial charge is 0.264 e. The highest BCUT2D eigenvalue weighted by Crippen LogP contribution is 2.46. The number of carbonyl (C=O) groups is 1. The Labute approximate surface area is 284 Å². The number of halogens is 1. The van der Waals surface area contributed by atoms with Crippen LogP contribution < -0.4 is 14.4 Å². The van der Waals surface area contributed by atoms with Crippen molar-refractivity contribution in [3.8, 4) is 5.75 Å². The molecule has 2 fully saturated rings. The fourth-order valence-corrected chi connectivity index (χ4v) is 9.28. The van der Waals surface area contributed by atoms with Crippen LogP contribution in [0.1, 0.15) is 80.3 Å². The van der Waals surface area contributed by atoms with Gasteiger partial charge in [-0.3, -0.25) is 4.79 Å². The summed E-state index contributed by atoms with van der Waals surface area (Å²) in [5, 5.41) is 10.0. The summed E-state index contributed by atoms with van der Waals surface area (Å²) >= 11 is 6.37. The van der Waals surface area contributed by atoms with Gasteiger partial charge in [-0.1, -0.05) is 31.0 Å². The predicted molar refractivity (Wildman–Crippen MR) is 183 cm³/mol. The average molecular weight is 689 g/mol. The van der Waals surface area contributed by atoms with Crippen molar-refractivity contribution in [3.05, 3.63) is 58.1 Å². The number of benzene rings is 2. The van der Waals surface area contributed by atoms with Crippen LogP contribution in [0.2, 0.25) is 5.02 Å². The number of aliphatic hydroxyl groups is 1. The first-order valence-corrected chi connectivity index (χ1v) is 19.3. The summed E-state index contributed by atoms with van der Waals surface area (Å²) in [4.78, 5) is 15.8. The SMILES string of the molecule is C[C@@H]1[C@@H](C)CCC[C@@H]([C@H]2OC[C@@H](O)CO2)[C@@H]2CC[C@H]2CN2CCCCc3cc(Cl)ccc3CCOc3ccc(cc32)C(=O)NS1(=O)=O. The van der Waals surface area contributed by atoms with Gasteiger partial charge in [0.1, 0.15) is 11.9 Å². The highest BCUT2D eigenvalue weighted by Gasteiger charge is 2.43. The minimum absolute atomic E-state index is 0.142. The number of carbonyl (C=O) groups excluding carboxylic acids is 1. The molecule has 2 aromatic rings. The molecule has 1 saturated heterocycles. The van der Waals surface area contributed by atoms with E-state index < -0.39 is 27.3 Å². The molecule has 3 heterocycles. The Kier molecular flexibility index (Phi) is 11.0. The molecule has 0 unspecified atom stereocenters. The van der Waals surface area contributed by atoms with Crippen molar-refractivity contribution in [3.63, 3.8) is 0 Å². The standard InChI is InChI=1S/C36H49ClN2O7S/c1-23-6-5-8-32(36-45-21-30(40)22-46-36)31-13-10-28(31)20-39-16-4-3-7-26-18-29(37)12-9-25(26)15-17-44-34-14-11-27(19-33(34)39)35(41)38-47(42,43)24(23)2/h9,11-12,14,18-19,23-24,28,30-32,36,40H,3-8,10,13,15-17,20-22H2,1-2H3,(H,38,41)/t23-,24+,28-,30-,31+,32+,36+/m0/s1. The molecule has 1 saturated carbocycles. The molecule has 9 nitrogen and oxygen atoms in total. The van der Waals surface area contributed by atoms with Gasteiger partial charge in [-0.15, -0.1) is 0 Å². The summed E-state index contributed by atoms with van der Waals surface area (Å²) < 4.78 is 47.7. The van der Waals surface area contributed by atoms with Crippen molar-refractivity contribution in [1.29, 1.82) is 0 Å². The van der Waals surface area contributed by atoms with Crippen LogP contribution in [-0.4, -0.2) is 70.0 Å². The Morgan fingerprint density at radius 1 is 0.915 bits per heavy atom. The molecule has 0 radical (unpaired) electrons. The molecule has 0 aromatic heterocycles. The van der Waals surface area contributed by atoms with Crippen molar-refractivity contribution in [2.75, 3.05) is 37.8 Å². The molecule has 2 N–H and O–H groups in total. The lowest BCUT2D eigenvalue weighted by atomic mass is 9.65. The second-order valence-corrected chi connectivity index (χ2v) is 16.5. The number of sulfonamides is 1. The van der Waals surface area contributed by atoms with E-state index in [-0.39, 0.29) is 31.3 Å². The normalized spacial score (nSPS) is 32.2. The maximum Gasteiger partial charge on any atom is 0.264 e. The number of ether oxygens (including phenoxy) is 3. The van der Waals surface area contributed by atoms with E-state index in [0.717, 1.165) is 75.2 Å².